The van der Waals surface area contributed by atoms with Crippen LogP contribution in [0.1, 0.15) is 30.1 Å². The summed E-state index contributed by atoms with van der Waals surface area (Å²) in [5, 5.41) is 1.19. The Hall–Kier alpha value is -2.43. The van der Waals surface area contributed by atoms with Gasteiger partial charge in [-0.15, -0.1) is 0 Å². The van der Waals surface area contributed by atoms with Crippen LogP contribution in [0.4, 0.5) is 5.82 Å². The Morgan fingerprint density at radius 1 is 1.23 bits per heavy atom. The number of piperidine rings is 1. The van der Waals surface area contributed by atoms with Gasteiger partial charge < -0.3 is 9.88 Å². The van der Waals surface area contributed by atoms with Crippen LogP contribution in [0.2, 0.25) is 0 Å². The summed E-state index contributed by atoms with van der Waals surface area (Å²) in [4.78, 5) is 18.9. The molecule has 1 unspecified atom stereocenters. The second-order valence-electron chi connectivity index (χ2n) is 5.97. The molecule has 112 valence electrons. The second-order valence-corrected chi connectivity index (χ2v) is 5.97. The average molecular weight is 293 g/mol. The first-order chi connectivity index (χ1) is 10.8. The highest BCUT2D eigenvalue weighted by Crippen LogP contribution is 2.30. The Morgan fingerprint density at radius 3 is 3.05 bits per heavy atom. The molecule has 1 aliphatic heterocycles. The summed E-state index contributed by atoms with van der Waals surface area (Å²) < 4.78 is 0. The van der Waals surface area contributed by atoms with Gasteiger partial charge in [-0.3, -0.25) is 0 Å². The van der Waals surface area contributed by atoms with Gasteiger partial charge in [0.05, 0.1) is 0 Å². The maximum Gasteiger partial charge on any atom is 0.137 e. The molecule has 5 nitrogen and oxygen atoms in total. The van der Waals surface area contributed by atoms with E-state index in [0.29, 0.717) is 5.92 Å². The summed E-state index contributed by atoms with van der Waals surface area (Å²) >= 11 is 0. The smallest absolute Gasteiger partial charge is 0.137 e. The summed E-state index contributed by atoms with van der Waals surface area (Å²) in [6, 6.07) is 8.39. The Bertz CT molecular complexity index is 761. The normalized spacial score (nSPS) is 18.8. The van der Waals surface area contributed by atoms with E-state index in [-0.39, 0.29) is 0 Å². The number of hydrogen-bond acceptors (Lipinski definition) is 4. The van der Waals surface area contributed by atoms with Crippen molar-refractivity contribution in [3.8, 4) is 0 Å². The van der Waals surface area contributed by atoms with Crippen LogP contribution in [0.5, 0.6) is 0 Å². The monoisotopic (exact) mass is 293 g/mol. The fourth-order valence-electron chi connectivity index (χ4n) is 3.25. The largest absolute Gasteiger partial charge is 0.356 e. The lowest BCUT2D eigenvalue weighted by Gasteiger charge is -2.33. The van der Waals surface area contributed by atoms with E-state index in [4.69, 9.17) is 0 Å². The standard InChI is InChI=1S/C17H19N5/c1-12-8-16(20-11-19-12)22-7-3-5-14(10-22)15-9-13-4-2-6-18-17(13)21-15/h2,4,6,8-9,11,14H,3,5,7,10H2,1H3,(H,18,21). The van der Waals surface area contributed by atoms with Crippen LogP contribution in [-0.4, -0.2) is 33.0 Å². The molecular formula is C17H19N5. The molecule has 1 atom stereocenters. The van der Waals surface area contributed by atoms with Crippen molar-refractivity contribution < 1.29 is 0 Å². The molecule has 4 heterocycles. The van der Waals surface area contributed by atoms with Crippen LogP contribution in [0.3, 0.4) is 0 Å². The van der Waals surface area contributed by atoms with Crippen LogP contribution in [0.25, 0.3) is 11.0 Å². The molecule has 1 aliphatic rings. The van der Waals surface area contributed by atoms with Crippen molar-refractivity contribution >= 4 is 16.9 Å². The van der Waals surface area contributed by atoms with Gasteiger partial charge in [-0.2, -0.15) is 0 Å². The Balaban J connectivity index is 1.60. The van der Waals surface area contributed by atoms with Crippen molar-refractivity contribution in [1.82, 2.24) is 19.9 Å². The van der Waals surface area contributed by atoms with Gasteiger partial charge in [0, 0.05) is 48.0 Å². The highest BCUT2D eigenvalue weighted by Gasteiger charge is 2.23. The molecule has 0 bridgehead atoms. The lowest BCUT2D eigenvalue weighted by atomic mass is 9.95. The lowest BCUT2D eigenvalue weighted by Crippen LogP contribution is -2.35. The third kappa shape index (κ3) is 2.43. The summed E-state index contributed by atoms with van der Waals surface area (Å²) in [5.41, 5.74) is 3.28. The minimum Gasteiger partial charge on any atom is -0.356 e. The molecule has 4 rings (SSSR count). The van der Waals surface area contributed by atoms with Crippen molar-refractivity contribution in [2.75, 3.05) is 18.0 Å². The highest BCUT2D eigenvalue weighted by molar-refractivity contribution is 5.76. The topological polar surface area (TPSA) is 57.7 Å². The second kappa shape index (κ2) is 5.40. The fourth-order valence-corrected chi connectivity index (χ4v) is 3.25. The van der Waals surface area contributed by atoms with Crippen LogP contribution in [0, 0.1) is 6.92 Å². The van der Waals surface area contributed by atoms with E-state index in [9.17, 15) is 0 Å². The number of aryl methyl sites for hydroxylation is 1. The van der Waals surface area contributed by atoms with E-state index in [2.05, 4.69) is 43.0 Å². The third-order valence-corrected chi connectivity index (χ3v) is 4.39. The first kappa shape index (κ1) is 13.2. The summed E-state index contributed by atoms with van der Waals surface area (Å²) in [6.07, 6.45) is 5.87. The molecule has 1 fully saturated rings. The fraction of sp³-hybridized carbons (Fsp3) is 0.353. The number of fused-ring (bicyclic) bond motifs is 1. The summed E-state index contributed by atoms with van der Waals surface area (Å²) in [6.45, 7) is 4.06. The van der Waals surface area contributed by atoms with Gasteiger partial charge in [-0.05, 0) is 38.0 Å². The number of nitrogens with one attached hydrogen (secondary N) is 1. The minimum atomic E-state index is 0.498. The molecule has 0 saturated carbocycles. The lowest BCUT2D eigenvalue weighted by molar-refractivity contribution is 0.500. The SMILES string of the molecule is Cc1cc(N2CCCC(c3cc4cccnc4[nH]3)C2)ncn1. The number of pyridine rings is 1. The molecule has 1 N–H and O–H groups in total. The van der Waals surface area contributed by atoms with Crippen LogP contribution >= 0.6 is 0 Å². The maximum absolute atomic E-state index is 4.43. The Kier molecular flexibility index (Phi) is 3.25. The van der Waals surface area contributed by atoms with Gasteiger partial charge in [0.25, 0.3) is 0 Å². The first-order valence-corrected chi connectivity index (χ1v) is 7.77. The van der Waals surface area contributed by atoms with Crippen molar-refractivity contribution in [2.45, 2.75) is 25.7 Å². The number of anilines is 1. The molecule has 0 aromatic carbocycles. The molecular weight excluding hydrogens is 274 g/mol. The van der Waals surface area contributed by atoms with E-state index in [1.54, 1.807) is 6.33 Å². The van der Waals surface area contributed by atoms with E-state index in [0.717, 1.165) is 30.2 Å². The Labute approximate surface area is 129 Å². The minimum absolute atomic E-state index is 0.498. The van der Waals surface area contributed by atoms with Gasteiger partial charge >= 0.3 is 0 Å². The van der Waals surface area contributed by atoms with Gasteiger partial charge in [-0.25, -0.2) is 15.0 Å². The molecule has 3 aromatic rings. The molecule has 22 heavy (non-hydrogen) atoms. The molecule has 3 aromatic heterocycles. The van der Waals surface area contributed by atoms with Crippen LogP contribution in [0.15, 0.2) is 36.8 Å². The highest BCUT2D eigenvalue weighted by atomic mass is 15.2. The van der Waals surface area contributed by atoms with Gasteiger partial charge in [0.15, 0.2) is 0 Å². The quantitative estimate of drug-likeness (QED) is 0.789. The molecule has 0 spiro atoms. The molecule has 1 saturated heterocycles. The molecule has 0 amide bonds. The number of nitrogens with zero attached hydrogens (tertiary/aromatic N) is 4. The van der Waals surface area contributed by atoms with Crippen molar-refractivity contribution in [2.24, 2.45) is 0 Å². The van der Waals surface area contributed by atoms with E-state index in [1.807, 2.05) is 19.2 Å². The summed E-state index contributed by atoms with van der Waals surface area (Å²) in [7, 11) is 0. The molecule has 5 heteroatoms. The summed E-state index contributed by atoms with van der Waals surface area (Å²) in [5.74, 6) is 1.53. The molecule has 0 aliphatic carbocycles. The number of aromatic amines is 1. The van der Waals surface area contributed by atoms with Crippen molar-refractivity contribution in [1.29, 1.82) is 0 Å². The number of rotatable bonds is 2. The molecule has 0 radical (unpaired) electrons. The van der Waals surface area contributed by atoms with E-state index in [1.165, 1.54) is 23.9 Å². The number of H-pyrrole nitrogens is 1. The maximum atomic E-state index is 4.43. The zero-order valence-electron chi connectivity index (χ0n) is 12.7. The van der Waals surface area contributed by atoms with Crippen molar-refractivity contribution in [3.05, 3.63) is 48.2 Å². The predicted octanol–water partition coefficient (Wildman–Crippen LogP) is 3.05. The predicted molar refractivity (Wildman–Crippen MR) is 87.1 cm³/mol. The third-order valence-electron chi connectivity index (χ3n) is 4.39. The number of aromatic nitrogens is 4. The average Bonchev–Trinajstić information content (AvgIpc) is 2.99. The van der Waals surface area contributed by atoms with Crippen LogP contribution in [-0.2, 0) is 0 Å². The van der Waals surface area contributed by atoms with Crippen molar-refractivity contribution in [3.63, 3.8) is 0 Å². The van der Waals surface area contributed by atoms with Gasteiger partial charge in [0.2, 0.25) is 0 Å². The van der Waals surface area contributed by atoms with Crippen LogP contribution < -0.4 is 4.90 Å². The Morgan fingerprint density at radius 2 is 2.18 bits per heavy atom. The zero-order chi connectivity index (χ0) is 14.9. The van der Waals surface area contributed by atoms with Gasteiger partial charge in [-0.1, -0.05) is 0 Å². The van der Waals surface area contributed by atoms with E-state index >= 15 is 0 Å². The first-order valence-electron chi connectivity index (χ1n) is 7.77. The van der Waals surface area contributed by atoms with E-state index < -0.39 is 0 Å². The van der Waals surface area contributed by atoms with Gasteiger partial charge in [0.1, 0.15) is 17.8 Å². The number of hydrogen-bond donors (Lipinski definition) is 1. The zero-order valence-corrected chi connectivity index (χ0v) is 12.7.